The summed E-state index contributed by atoms with van der Waals surface area (Å²) in [4.78, 5) is 26.4. The number of amides is 2. The number of hydrogen-bond acceptors (Lipinski definition) is 5. The van der Waals surface area contributed by atoms with Gasteiger partial charge in [-0.2, -0.15) is 0 Å². The van der Waals surface area contributed by atoms with E-state index in [1.54, 1.807) is 19.2 Å². The van der Waals surface area contributed by atoms with Gasteiger partial charge in [0.05, 0.1) is 36.2 Å². The maximum absolute atomic E-state index is 12.7. The van der Waals surface area contributed by atoms with E-state index in [2.05, 4.69) is 6.92 Å². The van der Waals surface area contributed by atoms with Crippen LogP contribution in [0.4, 0.5) is 0 Å². The summed E-state index contributed by atoms with van der Waals surface area (Å²) in [5.41, 5.74) is 3.94. The van der Waals surface area contributed by atoms with Gasteiger partial charge in [0.1, 0.15) is 5.75 Å². The number of imide groups is 1. The van der Waals surface area contributed by atoms with Gasteiger partial charge in [-0.1, -0.05) is 30.2 Å². The molecule has 2 aliphatic heterocycles. The summed E-state index contributed by atoms with van der Waals surface area (Å²) in [6.07, 6.45) is 4.69. The van der Waals surface area contributed by atoms with Crippen LogP contribution in [-0.4, -0.2) is 53.3 Å². The summed E-state index contributed by atoms with van der Waals surface area (Å²) in [7, 11) is 1.54. The number of phenols is 1. The summed E-state index contributed by atoms with van der Waals surface area (Å²) in [6, 6.07) is 4.94. The zero-order valence-electron chi connectivity index (χ0n) is 17.8. The molecule has 0 aromatic heterocycles. The van der Waals surface area contributed by atoms with Gasteiger partial charge in [-0.3, -0.25) is 14.5 Å². The Morgan fingerprint density at radius 2 is 2.06 bits per heavy atom. The third-order valence-electron chi connectivity index (χ3n) is 6.94. The average Bonchev–Trinajstić information content (AvgIpc) is 3.27. The second-order valence-electron chi connectivity index (χ2n) is 8.62. The van der Waals surface area contributed by atoms with Crippen LogP contribution in [0.3, 0.4) is 0 Å². The van der Waals surface area contributed by atoms with Gasteiger partial charge in [-0.05, 0) is 60.6 Å². The fourth-order valence-corrected chi connectivity index (χ4v) is 5.53. The number of rotatable bonds is 6. The molecule has 2 heterocycles. The Balaban J connectivity index is 1.53. The van der Waals surface area contributed by atoms with E-state index in [0.29, 0.717) is 18.1 Å². The van der Waals surface area contributed by atoms with Crippen LogP contribution in [0.15, 0.2) is 34.9 Å². The normalized spacial score (nSPS) is 28.4. The van der Waals surface area contributed by atoms with Crippen molar-refractivity contribution in [3.05, 3.63) is 45.5 Å². The quantitative estimate of drug-likeness (QED) is 0.516. The predicted octanol–water partition coefficient (Wildman–Crippen LogP) is 3.56. The van der Waals surface area contributed by atoms with Crippen molar-refractivity contribution >= 4 is 29.5 Å². The molecule has 0 unspecified atom stereocenters. The molecule has 7 heteroatoms. The number of benzene rings is 1. The minimum absolute atomic E-state index is 0.111. The molecule has 2 fully saturated rings. The monoisotopic (exact) mass is 445 g/mol. The highest BCUT2D eigenvalue weighted by atomic mass is 35.5. The third-order valence-corrected chi connectivity index (χ3v) is 7.27. The van der Waals surface area contributed by atoms with E-state index in [-0.39, 0.29) is 48.0 Å². The van der Waals surface area contributed by atoms with Gasteiger partial charge in [0, 0.05) is 13.0 Å². The van der Waals surface area contributed by atoms with Crippen molar-refractivity contribution in [1.29, 1.82) is 0 Å². The molecular formula is C24H28ClNO5. The van der Waals surface area contributed by atoms with Crippen LogP contribution in [0.2, 0.25) is 5.02 Å². The number of likely N-dealkylation sites (tertiary alicyclic amines) is 1. The van der Waals surface area contributed by atoms with Gasteiger partial charge >= 0.3 is 0 Å². The van der Waals surface area contributed by atoms with Crippen LogP contribution >= 0.6 is 11.6 Å². The van der Waals surface area contributed by atoms with E-state index in [1.807, 2.05) is 6.08 Å². The first-order valence-corrected chi connectivity index (χ1v) is 11.2. The molecule has 1 aliphatic carbocycles. The fourth-order valence-electron chi connectivity index (χ4n) is 5.30. The summed E-state index contributed by atoms with van der Waals surface area (Å²) < 4.78 is 6.11. The molecule has 4 rings (SSSR count). The Bertz CT molecular complexity index is 969. The highest BCUT2D eigenvalue weighted by molar-refractivity contribution is 6.32. The van der Waals surface area contributed by atoms with Crippen molar-refractivity contribution in [2.45, 2.75) is 38.7 Å². The standard InChI is InChI=1S/C24H28ClNO5/c1-3-13(8-14-5-6-16(28)10-19(14)25)4-7-20-21-15(11-27)9-17-22(18(21)12-31-20)24(30)26(2)23(17)29/h5-6,8,10,17-18,20,22,27-28H,3-4,7,9,11-12H2,1-2H3/b13-8+/t17-,18+,20-,22-/m1/s1. The second kappa shape index (κ2) is 8.77. The lowest BCUT2D eigenvalue weighted by Crippen LogP contribution is -2.34. The van der Waals surface area contributed by atoms with Crippen molar-refractivity contribution in [2.75, 3.05) is 20.3 Å². The van der Waals surface area contributed by atoms with E-state index in [9.17, 15) is 19.8 Å². The number of carbonyl (C=O) groups excluding carboxylic acids is 2. The summed E-state index contributed by atoms with van der Waals surface area (Å²) in [5.74, 6) is -1.02. The molecule has 0 bridgehead atoms. The molecule has 1 aromatic carbocycles. The van der Waals surface area contributed by atoms with Gasteiger partial charge in [-0.15, -0.1) is 0 Å². The van der Waals surface area contributed by atoms with Gasteiger partial charge in [0.2, 0.25) is 11.8 Å². The lowest BCUT2D eigenvalue weighted by Gasteiger charge is -2.31. The minimum atomic E-state index is -0.376. The van der Waals surface area contributed by atoms with Crippen LogP contribution in [-0.2, 0) is 14.3 Å². The van der Waals surface area contributed by atoms with Crippen molar-refractivity contribution in [3.63, 3.8) is 0 Å². The molecule has 4 atom stereocenters. The molecule has 6 nitrogen and oxygen atoms in total. The van der Waals surface area contributed by atoms with Crippen molar-refractivity contribution in [3.8, 4) is 5.75 Å². The number of aliphatic hydroxyl groups excluding tert-OH is 1. The molecule has 2 amide bonds. The van der Waals surface area contributed by atoms with E-state index >= 15 is 0 Å². The number of aromatic hydroxyl groups is 1. The van der Waals surface area contributed by atoms with Gasteiger partial charge in [-0.25, -0.2) is 0 Å². The van der Waals surface area contributed by atoms with Crippen LogP contribution in [0.5, 0.6) is 5.75 Å². The average molecular weight is 446 g/mol. The summed E-state index contributed by atoms with van der Waals surface area (Å²) in [5, 5.41) is 20.1. The van der Waals surface area contributed by atoms with E-state index in [4.69, 9.17) is 16.3 Å². The van der Waals surface area contributed by atoms with Gasteiger partial charge < -0.3 is 14.9 Å². The zero-order chi connectivity index (χ0) is 22.3. The van der Waals surface area contributed by atoms with E-state index < -0.39 is 0 Å². The Labute approximate surface area is 187 Å². The predicted molar refractivity (Wildman–Crippen MR) is 117 cm³/mol. The number of ether oxygens (including phenoxy) is 1. The van der Waals surface area contributed by atoms with Crippen molar-refractivity contribution in [2.24, 2.45) is 17.8 Å². The molecule has 0 spiro atoms. The number of allylic oxidation sites excluding steroid dienone is 1. The largest absolute Gasteiger partial charge is 0.508 e. The number of carbonyl (C=O) groups is 2. The fraction of sp³-hybridized carbons (Fsp3) is 0.500. The van der Waals surface area contributed by atoms with Gasteiger partial charge in [0.25, 0.3) is 0 Å². The Morgan fingerprint density at radius 1 is 1.29 bits per heavy atom. The SMILES string of the molecule is CC/C(=C\c1ccc(O)cc1Cl)CC[C@H]1OC[C@H]2C1=C(CO)C[C@H]1C(=O)N(C)C(=O)[C@H]12. The van der Waals surface area contributed by atoms with Crippen LogP contribution < -0.4 is 0 Å². The highest BCUT2D eigenvalue weighted by Crippen LogP contribution is 2.49. The molecule has 2 saturated heterocycles. The number of phenolic OH excluding ortho intramolecular Hbond substituents is 1. The molecule has 3 aliphatic rings. The number of hydrogen-bond donors (Lipinski definition) is 2. The lowest BCUT2D eigenvalue weighted by molar-refractivity contribution is -0.138. The Morgan fingerprint density at radius 3 is 2.74 bits per heavy atom. The minimum Gasteiger partial charge on any atom is -0.508 e. The number of fused-ring (bicyclic) bond motifs is 3. The molecule has 1 aromatic rings. The molecule has 2 N–H and O–H groups in total. The van der Waals surface area contributed by atoms with E-state index in [1.165, 1.54) is 16.5 Å². The molecule has 0 radical (unpaired) electrons. The lowest BCUT2D eigenvalue weighted by atomic mass is 9.69. The van der Waals surface area contributed by atoms with Crippen molar-refractivity contribution in [1.82, 2.24) is 4.90 Å². The van der Waals surface area contributed by atoms with Crippen LogP contribution in [0.1, 0.15) is 38.2 Å². The molecule has 0 saturated carbocycles. The highest BCUT2D eigenvalue weighted by Gasteiger charge is 2.55. The first kappa shape index (κ1) is 22.1. The molecule has 31 heavy (non-hydrogen) atoms. The number of aliphatic hydroxyl groups is 1. The summed E-state index contributed by atoms with van der Waals surface area (Å²) >= 11 is 6.25. The topological polar surface area (TPSA) is 87.1 Å². The maximum atomic E-state index is 12.7. The molecular weight excluding hydrogens is 418 g/mol. The van der Waals surface area contributed by atoms with E-state index in [0.717, 1.165) is 36.0 Å². The zero-order valence-corrected chi connectivity index (χ0v) is 18.6. The smallest absolute Gasteiger partial charge is 0.233 e. The Kier molecular flexibility index (Phi) is 6.24. The molecule has 166 valence electrons. The number of halogens is 1. The first-order valence-electron chi connectivity index (χ1n) is 10.8. The second-order valence-corrected chi connectivity index (χ2v) is 9.03. The van der Waals surface area contributed by atoms with Crippen molar-refractivity contribution < 1.29 is 24.5 Å². The van der Waals surface area contributed by atoms with Crippen LogP contribution in [0, 0.1) is 17.8 Å². The Hall–Kier alpha value is -2.15. The first-order chi connectivity index (χ1) is 14.8. The third kappa shape index (κ3) is 3.93. The van der Waals surface area contributed by atoms with Crippen LogP contribution in [0.25, 0.3) is 6.08 Å². The number of nitrogens with zero attached hydrogens (tertiary/aromatic N) is 1. The summed E-state index contributed by atoms with van der Waals surface area (Å²) in [6.45, 7) is 2.38. The van der Waals surface area contributed by atoms with Gasteiger partial charge in [0.15, 0.2) is 0 Å². The maximum Gasteiger partial charge on any atom is 0.233 e.